The number of halogens is 1. The third-order valence-corrected chi connectivity index (χ3v) is 2.13. The van der Waals surface area contributed by atoms with Gasteiger partial charge in [0.15, 0.2) is 0 Å². The van der Waals surface area contributed by atoms with Crippen LogP contribution in [0.3, 0.4) is 0 Å². The van der Waals surface area contributed by atoms with Crippen LogP contribution in [0.5, 0.6) is 5.75 Å². The molecule has 0 aliphatic heterocycles. The monoisotopic (exact) mass is 213 g/mol. The summed E-state index contributed by atoms with van der Waals surface area (Å²) in [6, 6.07) is 3.61. The van der Waals surface area contributed by atoms with Crippen LogP contribution in [0.4, 0.5) is 4.39 Å². The second kappa shape index (κ2) is 4.75. The minimum absolute atomic E-state index is 0.0496. The molecule has 0 bridgehead atoms. The van der Waals surface area contributed by atoms with Crippen molar-refractivity contribution in [3.63, 3.8) is 0 Å². The number of carboxylic acids is 1. The van der Waals surface area contributed by atoms with Crippen LogP contribution in [0.1, 0.15) is 17.9 Å². The number of phenolic OH excluding ortho intramolecular Hbond substituents is 1. The van der Waals surface area contributed by atoms with Gasteiger partial charge in [-0.15, -0.1) is 0 Å². The quantitative estimate of drug-likeness (QED) is 0.698. The highest BCUT2D eigenvalue weighted by molar-refractivity contribution is 5.68. The zero-order valence-corrected chi connectivity index (χ0v) is 7.98. The molecule has 1 rings (SSSR count). The number of rotatable bonds is 4. The average molecular weight is 213 g/mol. The van der Waals surface area contributed by atoms with E-state index in [9.17, 15) is 9.18 Å². The van der Waals surface area contributed by atoms with Crippen molar-refractivity contribution in [2.24, 2.45) is 5.73 Å². The second-order valence-electron chi connectivity index (χ2n) is 3.24. The van der Waals surface area contributed by atoms with Crippen LogP contribution in [0, 0.1) is 5.82 Å². The van der Waals surface area contributed by atoms with Crippen molar-refractivity contribution in [1.82, 2.24) is 0 Å². The van der Waals surface area contributed by atoms with Crippen LogP contribution in [0.25, 0.3) is 0 Å². The summed E-state index contributed by atoms with van der Waals surface area (Å²) in [4.78, 5) is 10.5. The van der Waals surface area contributed by atoms with Gasteiger partial charge in [0, 0.05) is 12.0 Å². The van der Waals surface area contributed by atoms with Gasteiger partial charge in [-0.1, -0.05) is 6.07 Å². The van der Waals surface area contributed by atoms with Crippen molar-refractivity contribution in [3.05, 3.63) is 29.6 Å². The fourth-order valence-electron chi connectivity index (χ4n) is 1.38. The fraction of sp³-hybridized carbons (Fsp3) is 0.300. The first-order valence-corrected chi connectivity index (χ1v) is 4.45. The third kappa shape index (κ3) is 2.92. The first kappa shape index (κ1) is 11.5. The first-order chi connectivity index (χ1) is 7.04. The van der Waals surface area contributed by atoms with Gasteiger partial charge < -0.3 is 15.9 Å². The molecule has 82 valence electrons. The van der Waals surface area contributed by atoms with Crippen LogP contribution in [-0.4, -0.2) is 22.7 Å². The Labute approximate surface area is 86.1 Å². The van der Waals surface area contributed by atoms with Crippen molar-refractivity contribution in [1.29, 1.82) is 0 Å². The largest absolute Gasteiger partial charge is 0.508 e. The molecule has 1 atom stereocenters. The molecule has 1 aromatic carbocycles. The minimum atomic E-state index is -1.03. The summed E-state index contributed by atoms with van der Waals surface area (Å²) in [5.74, 6) is -2.42. The van der Waals surface area contributed by atoms with Gasteiger partial charge in [0.1, 0.15) is 11.6 Å². The second-order valence-corrected chi connectivity index (χ2v) is 3.24. The molecule has 0 fully saturated rings. The fourth-order valence-corrected chi connectivity index (χ4v) is 1.38. The number of aliphatic carboxylic acids is 1. The molecule has 5 heteroatoms. The van der Waals surface area contributed by atoms with E-state index in [0.717, 1.165) is 6.07 Å². The highest BCUT2D eigenvalue weighted by Crippen LogP contribution is 2.24. The van der Waals surface area contributed by atoms with Crippen LogP contribution < -0.4 is 5.73 Å². The number of hydrogen-bond acceptors (Lipinski definition) is 3. The van der Waals surface area contributed by atoms with Crippen LogP contribution >= 0.6 is 0 Å². The maximum atomic E-state index is 13.3. The molecular weight excluding hydrogens is 201 g/mol. The van der Waals surface area contributed by atoms with E-state index in [4.69, 9.17) is 15.9 Å². The van der Waals surface area contributed by atoms with E-state index in [0.29, 0.717) is 0 Å². The number of aromatic hydroxyl groups is 1. The predicted octanol–water partition coefficient (Wildman–Crippen LogP) is 1.05. The van der Waals surface area contributed by atoms with Crippen LogP contribution in [0.15, 0.2) is 18.2 Å². The first-order valence-electron chi connectivity index (χ1n) is 4.45. The van der Waals surface area contributed by atoms with Crippen LogP contribution in [0.2, 0.25) is 0 Å². The smallest absolute Gasteiger partial charge is 0.304 e. The van der Waals surface area contributed by atoms with Crippen molar-refractivity contribution < 1.29 is 19.4 Å². The molecule has 0 aliphatic rings. The van der Waals surface area contributed by atoms with Gasteiger partial charge in [-0.3, -0.25) is 4.79 Å². The lowest BCUT2D eigenvalue weighted by Gasteiger charge is -2.13. The van der Waals surface area contributed by atoms with Crippen molar-refractivity contribution in [2.75, 3.05) is 6.54 Å². The summed E-state index contributed by atoms with van der Waals surface area (Å²) in [6.07, 6.45) is -0.224. The molecule has 0 saturated heterocycles. The predicted molar refractivity (Wildman–Crippen MR) is 52.1 cm³/mol. The zero-order chi connectivity index (χ0) is 11.4. The molecule has 0 radical (unpaired) electrons. The average Bonchev–Trinajstić information content (AvgIpc) is 2.14. The lowest BCUT2D eigenvalue weighted by Crippen LogP contribution is -2.17. The number of hydrogen-bond donors (Lipinski definition) is 3. The summed E-state index contributed by atoms with van der Waals surface area (Å²) in [7, 11) is 0. The molecular formula is C10H12FNO3. The Morgan fingerprint density at radius 3 is 2.67 bits per heavy atom. The Bertz CT molecular complexity index is 368. The molecule has 0 amide bonds. The highest BCUT2D eigenvalue weighted by atomic mass is 19.1. The number of carbonyl (C=O) groups is 1. The van der Waals surface area contributed by atoms with Crippen molar-refractivity contribution in [2.45, 2.75) is 12.3 Å². The van der Waals surface area contributed by atoms with Gasteiger partial charge in [0.05, 0.1) is 6.42 Å². The maximum Gasteiger partial charge on any atom is 0.304 e. The lowest BCUT2D eigenvalue weighted by molar-refractivity contribution is -0.137. The molecule has 0 saturated carbocycles. The topological polar surface area (TPSA) is 83.6 Å². The molecule has 4 nitrogen and oxygen atoms in total. The van der Waals surface area contributed by atoms with Crippen molar-refractivity contribution >= 4 is 5.97 Å². The number of benzene rings is 1. The summed E-state index contributed by atoms with van der Waals surface area (Å²) in [6.45, 7) is 0.0496. The molecule has 4 N–H and O–H groups in total. The summed E-state index contributed by atoms with van der Waals surface area (Å²) in [5, 5.41) is 17.6. The molecule has 0 heterocycles. The van der Waals surface area contributed by atoms with Gasteiger partial charge in [0.25, 0.3) is 0 Å². The molecule has 0 aliphatic carbocycles. The summed E-state index contributed by atoms with van der Waals surface area (Å²) < 4.78 is 13.3. The molecule has 1 aromatic rings. The number of carboxylic acid groups (broad SMARTS) is 1. The van der Waals surface area contributed by atoms with E-state index in [1.165, 1.54) is 12.1 Å². The van der Waals surface area contributed by atoms with Gasteiger partial charge in [-0.05, 0) is 18.2 Å². The Kier molecular flexibility index (Phi) is 3.62. The SMILES string of the molecule is NCC(CC(=O)O)c1ccc(O)cc1F. The Morgan fingerprint density at radius 2 is 2.20 bits per heavy atom. The standard InChI is InChI=1S/C10H12FNO3/c11-9-4-7(13)1-2-8(9)6(5-12)3-10(14)15/h1-2,4,6,13H,3,5,12H2,(H,14,15). The molecule has 0 spiro atoms. The normalized spacial score (nSPS) is 12.4. The Hall–Kier alpha value is -1.62. The third-order valence-electron chi connectivity index (χ3n) is 2.13. The summed E-state index contributed by atoms with van der Waals surface area (Å²) >= 11 is 0. The molecule has 15 heavy (non-hydrogen) atoms. The molecule has 0 aromatic heterocycles. The lowest BCUT2D eigenvalue weighted by atomic mass is 9.95. The van der Waals surface area contributed by atoms with Gasteiger partial charge >= 0.3 is 5.97 Å². The van der Waals surface area contributed by atoms with E-state index >= 15 is 0 Å². The van der Waals surface area contributed by atoms with E-state index in [1.807, 2.05) is 0 Å². The minimum Gasteiger partial charge on any atom is -0.508 e. The van der Waals surface area contributed by atoms with Gasteiger partial charge in [-0.25, -0.2) is 4.39 Å². The van der Waals surface area contributed by atoms with Crippen LogP contribution in [-0.2, 0) is 4.79 Å². The van der Waals surface area contributed by atoms with E-state index < -0.39 is 17.7 Å². The Morgan fingerprint density at radius 1 is 1.53 bits per heavy atom. The number of phenols is 1. The zero-order valence-electron chi connectivity index (χ0n) is 7.98. The maximum absolute atomic E-state index is 13.3. The Balaban J connectivity index is 2.96. The summed E-state index contributed by atoms with van der Waals surface area (Å²) in [5.41, 5.74) is 5.59. The number of nitrogens with two attached hydrogens (primary N) is 1. The van der Waals surface area contributed by atoms with Gasteiger partial charge in [0.2, 0.25) is 0 Å². The van der Waals surface area contributed by atoms with Gasteiger partial charge in [-0.2, -0.15) is 0 Å². The van der Waals surface area contributed by atoms with Crippen molar-refractivity contribution in [3.8, 4) is 5.75 Å². The molecule has 1 unspecified atom stereocenters. The van der Waals surface area contributed by atoms with E-state index in [-0.39, 0.29) is 24.3 Å². The van der Waals surface area contributed by atoms with E-state index in [1.54, 1.807) is 0 Å². The van der Waals surface area contributed by atoms with E-state index in [2.05, 4.69) is 0 Å². The highest BCUT2D eigenvalue weighted by Gasteiger charge is 2.17.